The van der Waals surface area contributed by atoms with E-state index in [2.05, 4.69) is 17.9 Å². The number of likely N-dealkylation sites (N-methyl/N-ethyl adjacent to an activating group) is 1. The van der Waals surface area contributed by atoms with Crippen LogP contribution in [0.1, 0.15) is 13.8 Å². The van der Waals surface area contributed by atoms with Crippen LogP contribution in [0.15, 0.2) is 0 Å². The lowest BCUT2D eigenvalue weighted by Gasteiger charge is -2.22. The van der Waals surface area contributed by atoms with Crippen molar-refractivity contribution in [1.29, 1.82) is 5.41 Å². The lowest BCUT2D eigenvalue weighted by atomic mass is 10.1. The molecular weight excluding hydrogens is 158 g/mol. The van der Waals surface area contributed by atoms with Crippen molar-refractivity contribution in [3.05, 3.63) is 0 Å². The van der Waals surface area contributed by atoms with Crippen LogP contribution in [0.3, 0.4) is 0 Å². The van der Waals surface area contributed by atoms with Crippen molar-refractivity contribution in [1.82, 2.24) is 5.32 Å². The molecule has 0 aromatic rings. The first-order chi connectivity index (χ1) is 5.13. The first-order valence-corrected chi connectivity index (χ1v) is 4.32. The number of nitrogens with one attached hydrogen (secondary N) is 2. The van der Waals surface area contributed by atoms with Crippen molar-refractivity contribution in [3.63, 3.8) is 0 Å². The molecule has 4 heteroatoms. The maximum absolute atomic E-state index is 6.96. The van der Waals surface area contributed by atoms with Gasteiger partial charge in [-0.2, -0.15) is 12.6 Å². The van der Waals surface area contributed by atoms with Crippen molar-refractivity contribution in [2.24, 2.45) is 5.73 Å². The molecule has 0 aromatic carbocycles. The maximum atomic E-state index is 6.96. The molecule has 2 unspecified atom stereocenters. The largest absolute Gasteiger partial charge is 0.325 e. The summed E-state index contributed by atoms with van der Waals surface area (Å²) in [6, 6.07) is 0.125. The Bertz CT molecular complexity index is 118. The van der Waals surface area contributed by atoms with Gasteiger partial charge in [-0.3, -0.25) is 0 Å². The Morgan fingerprint density at radius 1 is 1.73 bits per heavy atom. The number of hydrogen-bond donors (Lipinski definition) is 4. The Labute approximate surface area is 73.7 Å². The molecule has 0 saturated carbocycles. The van der Waals surface area contributed by atoms with Gasteiger partial charge in [-0.25, -0.2) is 0 Å². The van der Waals surface area contributed by atoms with Gasteiger partial charge in [0.15, 0.2) is 0 Å². The highest BCUT2D eigenvalue weighted by Gasteiger charge is 2.17. The van der Waals surface area contributed by atoms with E-state index in [0.717, 1.165) is 6.54 Å². The Hall–Kier alpha value is -0.0600. The first-order valence-electron chi connectivity index (χ1n) is 3.81. The third-order valence-electron chi connectivity index (χ3n) is 1.67. The zero-order valence-electron chi connectivity index (χ0n) is 7.04. The molecule has 0 fully saturated rings. The zero-order chi connectivity index (χ0) is 8.85. The van der Waals surface area contributed by atoms with E-state index in [1.54, 1.807) is 0 Å². The van der Waals surface area contributed by atoms with Crippen molar-refractivity contribution < 1.29 is 0 Å². The molecule has 0 radical (unpaired) electrons. The molecule has 0 amide bonds. The van der Waals surface area contributed by atoms with Gasteiger partial charge in [0, 0.05) is 18.3 Å². The highest BCUT2D eigenvalue weighted by molar-refractivity contribution is 7.81. The smallest absolute Gasteiger partial charge is 0.0529 e. The van der Waals surface area contributed by atoms with E-state index >= 15 is 0 Å². The van der Waals surface area contributed by atoms with Gasteiger partial charge in [-0.15, -0.1) is 0 Å². The fourth-order valence-electron chi connectivity index (χ4n) is 0.865. The van der Waals surface area contributed by atoms with Crippen molar-refractivity contribution in [3.8, 4) is 0 Å². The molecule has 0 heterocycles. The summed E-state index contributed by atoms with van der Waals surface area (Å²) in [4.78, 5) is 0. The number of nitrogens with two attached hydrogens (primary N) is 1. The van der Waals surface area contributed by atoms with Crippen LogP contribution in [0.2, 0.25) is 0 Å². The molecule has 0 aromatic heterocycles. The standard InChI is InChI=1S/C7H17N3S/c1-3-10-5(2)7(9)6(11)4-8/h4-8,10-11H,3,9H2,1-2H3/t5-,6?,7?/m0/s1. The third kappa shape index (κ3) is 3.74. The van der Waals surface area contributed by atoms with Crippen LogP contribution in [0, 0.1) is 5.41 Å². The van der Waals surface area contributed by atoms with Crippen molar-refractivity contribution in [2.45, 2.75) is 31.2 Å². The highest BCUT2D eigenvalue weighted by atomic mass is 32.1. The van der Waals surface area contributed by atoms with E-state index in [0.29, 0.717) is 0 Å². The Balaban J connectivity index is 3.79. The minimum absolute atomic E-state index is 0.0872. The Morgan fingerprint density at radius 2 is 2.27 bits per heavy atom. The van der Waals surface area contributed by atoms with Crippen LogP contribution in [0.4, 0.5) is 0 Å². The van der Waals surface area contributed by atoms with Gasteiger partial charge in [0.2, 0.25) is 0 Å². The van der Waals surface area contributed by atoms with Crippen LogP contribution in [-0.2, 0) is 0 Å². The lowest BCUT2D eigenvalue weighted by molar-refractivity contribution is 0.483. The van der Waals surface area contributed by atoms with Gasteiger partial charge in [-0.1, -0.05) is 6.92 Å². The Kier molecular flexibility index (Phi) is 5.54. The minimum Gasteiger partial charge on any atom is -0.325 e. The summed E-state index contributed by atoms with van der Waals surface area (Å²) in [6.45, 7) is 4.93. The molecule has 3 atom stereocenters. The van der Waals surface area contributed by atoms with Crippen LogP contribution < -0.4 is 11.1 Å². The van der Waals surface area contributed by atoms with Crippen molar-refractivity contribution in [2.75, 3.05) is 6.54 Å². The number of rotatable bonds is 5. The summed E-state index contributed by atoms with van der Waals surface area (Å²) in [5, 5.41) is 9.99. The van der Waals surface area contributed by atoms with E-state index < -0.39 is 0 Å². The van der Waals surface area contributed by atoms with Crippen molar-refractivity contribution >= 4 is 18.8 Å². The minimum atomic E-state index is -0.149. The van der Waals surface area contributed by atoms with Gasteiger partial charge in [-0.05, 0) is 13.5 Å². The van der Waals surface area contributed by atoms with Gasteiger partial charge < -0.3 is 16.5 Å². The summed E-state index contributed by atoms with van der Waals surface area (Å²) >= 11 is 4.15. The lowest BCUT2D eigenvalue weighted by Crippen LogP contribution is -2.48. The summed E-state index contributed by atoms with van der Waals surface area (Å²) in [7, 11) is 0. The van der Waals surface area contributed by atoms with E-state index in [1.165, 1.54) is 6.21 Å². The fraction of sp³-hybridized carbons (Fsp3) is 0.857. The topological polar surface area (TPSA) is 61.9 Å². The molecule has 0 spiro atoms. The number of thiol groups is 1. The van der Waals surface area contributed by atoms with Crippen LogP contribution in [0.25, 0.3) is 0 Å². The second-order valence-corrected chi connectivity index (χ2v) is 3.18. The molecule has 3 nitrogen and oxygen atoms in total. The predicted molar refractivity (Wildman–Crippen MR) is 52.7 cm³/mol. The second-order valence-electron chi connectivity index (χ2n) is 2.58. The molecule has 0 saturated heterocycles. The van der Waals surface area contributed by atoms with Crippen LogP contribution in [-0.4, -0.2) is 30.1 Å². The normalized spacial score (nSPS) is 18.9. The average Bonchev–Trinajstić information content (AvgIpc) is 2.02. The highest BCUT2D eigenvalue weighted by Crippen LogP contribution is 2.00. The van der Waals surface area contributed by atoms with E-state index in [-0.39, 0.29) is 17.3 Å². The van der Waals surface area contributed by atoms with Gasteiger partial charge >= 0.3 is 0 Å². The van der Waals surface area contributed by atoms with E-state index in [4.69, 9.17) is 11.1 Å². The third-order valence-corrected chi connectivity index (χ3v) is 2.16. The molecule has 66 valence electrons. The molecule has 0 aliphatic rings. The fourth-order valence-corrected chi connectivity index (χ4v) is 1.12. The summed E-state index contributed by atoms with van der Waals surface area (Å²) in [6.07, 6.45) is 1.27. The summed E-state index contributed by atoms with van der Waals surface area (Å²) in [5.41, 5.74) is 5.77. The SMILES string of the molecule is CCN[C@@H](C)C(N)C(S)C=N. The Morgan fingerprint density at radius 3 is 2.64 bits per heavy atom. The average molecular weight is 175 g/mol. The monoisotopic (exact) mass is 175 g/mol. The predicted octanol–water partition coefficient (Wildman–Crippen LogP) is 0.260. The molecule has 0 bridgehead atoms. The first kappa shape index (κ1) is 10.9. The molecule has 0 rings (SSSR count). The zero-order valence-corrected chi connectivity index (χ0v) is 7.94. The van der Waals surface area contributed by atoms with E-state index in [1.807, 2.05) is 13.8 Å². The molecular formula is C7H17N3S. The molecule has 11 heavy (non-hydrogen) atoms. The summed E-state index contributed by atoms with van der Waals surface area (Å²) in [5.74, 6) is 0. The second kappa shape index (κ2) is 5.57. The summed E-state index contributed by atoms with van der Waals surface area (Å²) < 4.78 is 0. The molecule has 0 aliphatic carbocycles. The van der Waals surface area contributed by atoms with Crippen LogP contribution in [0.5, 0.6) is 0 Å². The molecule has 0 aliphatic heterocycles. The van der Waals surface area contributed by atoms with Crippen LogP contribution >= 0.6 is 12.6 Å². The van der Waals surface area contributed by atoms with Gasteiger partial charge in [0.25, 0.3) is 0 Å². The maximum Gasteiger partial charge on any atom is 0.0529 e. The quantitative estimate of drug-likeness (QED) is 0.358. The number of hydrogen-bond acceptors (Lipinski definition) is 4. The van der Waals surface area contributed by atoms with Gasteiger partial charge in [0.05, 0.1) is 5.25 Å². The van der Waals surface area contributed by atoms with Gasteiger partial charge in [0.1, 0.15) is 0 Å². The molecule has 4 N–H and O–H groups in total. The van der Waals surface area contributed by atoms with E-state index in [9.17, 15) is 0 Å².